The fourth-order valence-corrected chi connectivity index (χ4v) is 3.16. The van der Waals surface area contributed by atoms with Gasteiger partial charge < -0.3 is 20.1 Å². The maximum Gasteiger partial charge on any atom is 0.239 e. The van der Waals surface area contributed by atoms with Crippen LogP contribution in [0.5, 0.6) is 0 Å². The van der Waals surface area contributed by atoms with E-state index in [0.717, 1.165) is 19.3 Å². The van der Waals surface area contributed by atoms with Gasteiger partial charge in [-0.05, 0) is 36.8 Å². The van der Waals surface area contributed by atoms with E-state index in [2.05, 4.69) is 24.3 Å². The van der Waals surface area contributed by atoms with Crippen LogP contribution in [-0.4, -0.2) is 50.4 Å². The summed E-state index contributed by atoms with van der Waals surface area (Å²) >= 11 is 0. The molecule has 5 heteroatoms. The van der Waals surface area contributed by atoms with Crippen LogP contribution in [-0.2, 0) is 27.1 Å². The molecule has 152 valence electrons. The number of carbonyl (C=O) groups excluding carboxylic acids is 1. The van der Waals surface area contributed by atoms with E-state index in [9.17, 15) is 4.79 Å². The van der Waals surface area contributed by atoms with E-state index in [1.54, 1.807) is 19.1 Å². The Morgan fingerprint density at radius 1 is 0.929 bits per heavy atom. The quantitative estimate of drug-likeness (QED) is 0.571. The Hall–Kier alpha value is -2.21. The highest BCUT2D eigenvalue weighted by atomic mass is 16.7. The predicted octanol–water partition coefficient (Wildman–Crippen LogP) is 3.03. The van der Waals surface area contributed by atoms with Crippen LogP contribution in [0.2, 0.25) is 0 Å². The second-order valence-corrected chi connectivity index (χ2v) is 6.91. The average Bonchev–Trinajstić information content (AvgIpc) is 2.75. The molecule has 0 aliphatic carbocycles. The van der Waals surface area contributed by atoms with Gasteiger partial charge in [0, 0.05) is 20.8 Å². The van der Waals surface area contributed by atoms with Gasteiger partial charge in [-0.25, -0.2) is 0 Å². The van der Waals surface area contributed by atoms with Crippen LogP contribution in [0.4, 0.5) is 0 Å². The molecule has 2 rings (SSSR count). The summed E-state index contributed by atoms with van der Waals surface area (Å²) in [6.07, 6.45) is 2.71. The van der Waals surface area contributed by atoms with Gasteiger partial charge in [-0.15, -0.1) is 0 Å². The summed E-state index contributed by atoms with van der Waals surface area (Å²) in [4.78, 5) is 14.7. The van der Waals surface area contributed by atoms with Gasteiger partial charge in [0.15, 0.2) is 6.29 Å². The SMILES string of the molecule is COC(CN(CCCc1ccccc1)C(=O)[C@@H](N)CCc1ccccc1)OC. The van der Waals surface area contributed by atoms with Gasteiger partial charge in [-0.2, -0.15) is 0 Å². The zero-order valence-corrected chi connectivity index (χ0v) is 16.9. The molecular formula is C23H32N2O3. The first kappa shape index (κ1) is 22.1. The van der Waals surface area contributed by atoms with E-state index in [0.29, 0.717) is 19.5 Å². The van der Waals surface area contributed by atoms with Crippen LogP contribution in [0.1, 0.15) is 24.0 Å². The Kier molecular flexibility index (Phi) is 9.69. The van der Waals surface area contributed by atoms with Crippen molar-refractivity contribution in [3.05, 3.63) is 71.8 Å². The van der Waals surface area contributed by atoms with Crippen molar-refractivity contribution in [2.45, 2.75) is 38.0 Å². The van der Waals surface area contributed by atoms with Crippen molar-refractivity contribution in [2.24, 2.45) is 5.73 Å². The number of amides is 1. The van der Waals surface area contributed by atoms with E-state index in [1.165, 1.54) is 11.1 Å². The van der Waals surface area contributed by atoms with Crippen LogP contribution in [0.15, 0.2) is 60.7 Å². The molecule has 28 heavy (non-hydrogen) atoms. The van der Waals surface area contributed by atoms with Crippen molar-refractivity contribution in [3.63, 3.8) is 0 Å². The Balaban J connectivity index is 1.92. The Bertz CT molecular complexity index is 675. The molecule has 0 saturated heterocycles. The minimum atomic E-state index is -0.536. The summed E-state index contributed by atoms with van der Waals surface area (Å²) in [5.74, 6) is -0.0527. The number of ether oxygens (including phenoxy) is 2. The highest BCUT2D eigenvalue weighted by molar-refractivity contribution is 5.81. The first-order valence-electron chi connectivity index (χ1n) is 9.82. The number of benzene rings is 2. The van der Waals surface area contributed by atoms with E-state index < -0.39 is 12.3 Å². The molecule has 2 aromatic carbocycles. The number of nitrogens with two attached hydrogens (primary N) is 1. The monoisotopic (exact) mass is 384 g/mol. The van der Waals surface area contributed by atoms with E-state index in [-0.39, 0.29) is 5.91 Å². The molecule has 0 aliphatic heterocycles. The molecule has 0 fully saturated rings. The van der Waals surface area contributed by atoms with Gasteiger partial charge in [0.2, 0.25) is 5.91 Å². The molecule has 5 nitrogen and oxygen atoms in total. The third-order valence-corrected chi connectivity index (χ3v) is 4.85. The van der Waals surface area contributed by atoms with Crippen LogP contribution >= 0.6 is 0 Å². The number of aryl methyl sites for hydroxylation is 2. The summed E-state index contributed by atoms with van der Waals surface area (Å²) in [6, 6.07) is 19.8. The smallest absolute Gasteiger partial charge is 0.239 e. The molecule has 0 heterocycles. The van der Waals surface area contributed by atoms with Gasteiger partial charge in [-0.1, -0.05) is 60.7 Å². The van der Waals surface area contributed by atoms with Gasteiger partial charge >= 0.3 is 0 Å². The average molecular weight is 385 g/mol. The van der Waals surface area contributed by atoms with E-state index in [1.807, 2.05) is 36.4 Å². The fourth-order valence-electron chi connectivity index (χ4n) is 3.16. The topological polar surface area (TPSA) is 64.8 Å². The third kappa shape index (κ3) is 7.43. The number of rotatable bonds is 12. The van der Waals surface area contributed by atoms with Gasteiger partial charge in [0.25, 0.3) is 0 Å². The predicted molar refractivity (Wildman–Crippen MR) is 112 cm³/mol. The lowest BCUT2D eigenvalue weighted by atomic mass is 10.0. The third-order valence-electron chi connectivity index (χ3n) is 4.85. The van der Waals surface area contributed by atoms with Crippen molar-refractivity contribution in [3.8, 4) is 0 Å². The Labute approximate surface area is 168 Å². The van der Waals surface area contributed by atoms with Crippen molar-refractivity contribution >= 4 is 5.91 Å². The first-order chi connectivity index (χ1) is 13.6. The molecule has 0 unspecified atom stereocenters. The number of hydrogen-bond donors (Lipinski definition) is 1. The Morgan fingerprint density at radius 3 is 2.00 bits per heavy atom. The van der Waals surface area contributed by atoms with Crippen molar-refractivity contribution < 1.29 is 14.3 Å². The molecule has 1 amide bonds. The highest BCUT2D eigenvalue weighted by Gasteiger charge is 2.23. The molecule has 2 aromatic rings. The lowest BCUT2D eigenvalue weighted by molar-refractivity contribution is -0.146. The first-order valence-corrected chi connectivity index (χ1v) is 9.82. The number of hydrogen-bond acceptors (Lipinski definition) is 4. The lowest BCUT2D eigenvalue weighted by Gasteiger charge is -2.28. The van der Waals surface area contributed by atoms with Crippen molar-refractivity contribution in [2.75, 3.05) is 27.3 Å². The van der Waals surface area contributed by atoms with Gasteiger partial charge in [-0.3, -0.25) is 4.79 Å². The summed E-state index contributed by atoms with van der Waals surface area (Å²) in [7, 11) is 3.16. The highest BCUT2D eigenvalue weighted by Crippen LogP contribution is 2.10. The van der Waals surface area contributed by atoms with Crippen molar-refractivity contribution in [1.82, 2.24) is 4.90 Å². The zero-order valence-electron chi connectivity index (χ0n) is 16.9. The maximum atomic E-state index is 13.0. The van der Waals surface area contributed by atoms with Crippen LogP contribution in [0.3, 0.4) is 0 Å². The number of carbonyl (C=O) groups is 1. The Morgan fingerprint density at radius 2 is 1.46 bits per heavy atom. The van der Waals surface area contributed by atoms with Gasteiger partial charge in [0.1, 0.15) is 0 Å². The molecule has 0 radical (unpaired) electrons. The molecule has 2 N–H and O–H groups in total. The molecule has 0 bridgehead atoms. The number of methoxy groups -OCH3 is 2. The summed E-state index contributed by atoms with van der Waals surface area (Å²) < 4.78 is 10.6. The van der Waals surface area contributed by atoms with E-state index in [4.69, 9.17) is 15.2 Å². The molecule has 0 saturated carbocycles. The van der Waals surface area contributed by atoms with Crippen LogP contribution in [0, 0.1) is 0 Å². The van der Waals surface area contributed by atoms with Crippen molar-refractivity contribution in [1.29, 1.82) is 0 Å². The van der Waals surface area contributed by atoms with Crippen LogP contribution in [0.25, 0.3) is 0 Å². The lowest BCUT2D eigenvalue weighted by Crippen LogP contribution is -2.48. The second-order valence-electron chi connectivity index (χ2n) is 6.91. The zero-order chi connectivity index (χ0) is 20.2. The summed E-state index contributed by atoms with van der Waals surface area (Å²) in [5.41, 5.74) is 8.68. The molecule has 1 atom stereocenters. The standard InChI is InChI=1S/C23H32N2O3/c1-27-22(28-2)18-25(17-9-14-19-10-5-3-6-11-19)23(26)21(24)16-15-20-12-7-4-8-13-20/h3-8,10-13,21-22H,9,14-18,24H2,1-2H3/t21-/m0/s1. The number of nitrogens with zero attached hydrogens (tertiary/aromatic N) is 1. The minimum Gasteiger partial charge on any atom is -0.354 e. The van der Waals surface area contributed by atoms with Crippen LogP contribution < -0.4 is 5.73 Å². The molecule has 0 spiro atoms. The maximum absolute atomic E-state index is 13.0. The normalized spacial score (nSPS) is 12.1. The fraction of sp³-hybridized carbons (Fsp3) is 0.435. The minimum absolute atomic E-state index is 0.0527. The summed E-state index contributed by atoms with van der Waals surface area (Å²) in [6.45, 7) is 0.996. The van der Waals surface area contributed by atoms with E-state index >= 15 is 0 Å². The summed E-state index contributed by atoms with van der Waals surface area (Å²) in [5, 5.41) is 0. The molecule has 0 aliphatic rings. The van der Waals surface area contributed by atoms with Gasteiger partial charge in [0.05, 0.1) is 12.6 Å². The molecular weight excluding hydrogens is 352 g/mol. The molecule has 0 aromatic heterocycles. The second kappa shape index (κ2) is 12.3. The largest absolute Gasteiger partial charge is 0.354 e.